The molecule has 1 atom stereocenters. The van der Waals surface area contributed by atoms with Gasteiger partial charge in [-0.15, -0.1) is 0 Å². The van der Waals surface area contributed by atoms with Crippen molar-refractivity contribution >= 4 is 6.21 Å². The molecule has 1 rings (SSSR count). The second-order valence-corrected chi connectivity index (χ2v) is 3.44. The molecule has 0 saturated heterocycles. The van der Waals surface area contributed by atoms with Gasteiger partial charge in [-0.25, -0.2) is 4.39 Å². The molecule has 1 aliphatic heterocycles. The molecule has 0 saturated carbocycles. The van der Waals surface area contributed by atoms with Crippen LogP contribution in [0.1, 0.15) is 13.8 Å². The summed E-state index contributed by atoms with van der Waals surface area (Å²) in [6.07, 6.45) is 3.61. The topological polar surface area (TPSA) is 15.6 Å². The van der Waals surface area contributed by atoms with Gasteiger partial charge in [0, 0.05) is 25.0 Å². The maximum Gasteiger partial charge on any atom is 0.122 e. The Bertz CT molecular complexity index is 209. The Kier molecular flexibility index (Phi) is 2.84. The van der Waals surface area contributed by atoms with Crippen molar-refractivity contribution in [2.24, 2.45) is 10.9 Å². The maximum atomic E-state index is 12.2. The molecular weight excluding hydrogens is 155 g/mol. The van der Waals surface area contributed by atoms with Gasteiger partial charge in [0.2, 0.25) is 0 Å². The second kappa shape index (κ2) is 3.70. The summed E-state index contributed by atoms with van der Waals surface area (Å²) in [6, 6.07) is 0. The number of hydrogen-bond acceptors (Lipinski definition) is 2. The van der Waals surface area contributed by atoms with Crippen molar-refractivity contribution in [2.45, 2.75) is 20.0 Å². The van der Waals surface area contributed by atoms with E-state index in [1.54, 1.807) is 6.21 Å². The third-order valence-electron chi connectivity index (χ3n) is 1.93. The summed E-state index contributed by atoms with van der Waals surface area (Å²) in [5, 5.41) is 0. The average Bonchev–Trinajstić information content (AvgIpc) is 2.03. The summed E-state index contributed by atoms with van der Waals surface area (Å²) in [5.74, 6) is 0.462. The van der Waals surface area contributed by atoms with Gasteiger partial charge in [-0.2, -0.15) is 0 Å². The molecule has 1 aliphatic rings. The summed E-state index contributed by atoms with van der Waals surface area (Å²) in [4.78, 5) is 6.21. The van der Waals surface area contributed by atoms with Crippen LogP contribution in [-0.2, 0) is 0 Å². The van der Waals surface area contributed by atoms with Crippen LogP contribution >= 0.6 is 0 Å². The van der Waals surface area contributed by atoms with Crippen LogP contribution in [0.15, 0.2) is 16.8 Å². The number of alkyl halides is 1. The number of nitrogens with zero attached hydrogens (tertiary/aromatic N) is 2. The van der Waals surface area contributed by atoms with Crippen LogP contribution in [0.5, 0.6) is 0 Å². The van der Waals surface area contributed by atoms with Gasteiger partial charge in [-0.05, 0) is 5.92 Å². The number of halogens is 1. The van der Waals surface area contributed by atoms with E-state index in [-0.39, 0.29) is 6.17 Å². The summed E-state index contributed by atoms with van der Waals surface area (Å²) < 4.78 is 12.2. The third-order valence-corrected chi connectivity index (χ3v) is 1.93. The van der Waals surface area contributed by atoms with Crippen LogP contribution in [-0.4, -0.2) is 31.0 Å². The SMILES string of the molecule is CC(C)C1N=CC(CF)=CN1C. The van der Waals surface area contributed by atoms with Crippen molar-refractivity contribution < 1.29 is 4.39 Å². The van der Waals surface area contributed by atoms with E-state index in [1.165, 1.54) is 0 Å². The van der Waals surface area contributed by atoms with Crippen LogP contribution in [0.4, 0.5) is 4.39 Å². The number of rotatable bonds is 2. The van der Waals surface area contributed by atoms with Crippen molar-refractivity contribution in [2.75, 3.05) is 13.7 Å². The molecule has 0 radical (unpaired) electrons. The summed E-state index contributed by atoms with van der Waals surface area (Å²) in [7, 11) is 1.93. The molecular formula is C9H15FN2. The predicted molar refractivity (Wildman–Crippen MR) is 48.9 cm³/mol. The molecule has 0 amide bonds. The van der Waals surface area contributed by atoms with Gasteiger partial charge in [0.1, 0.15) is 12.8 Å². The average molecular weight is 170 g/mol. The molecule has 0 bridgehead atoms. The van der Waals surface area contributed by atoms with Crippen LogP contribution in [0.3, 0.4) is 0 Å². The first-order valence-corrected chi connectivity index (χ1v) is 4.17. The van der Waals surface area contributed by atoms with E-state index in [4.69, 9.17) is 0 Å². The smallest absolute Gasteiger partial charge is 0.122 e. The fourth-order valence-corrected chi connectivity index (χ4v) is 1.36. The van der Waals surface area contributed by atoms with Crippen molar-refractivity contribution in [3.63, 3.8) is 0 Å². The van der Waals surface area contributed by atoms with E-state index in [2.05, 4.69) is 18.8 Å². The largest absolute Gasteiger partial charge is 0.358 e. The van der Waals surface area contributed by atoms with E-state index in [9.17, 15) is 4.39 Å². The zero-order valence-electron chi connectivity index (χ0n) is 7.79. The molecule has 3 heteroatoms. The lowest BCUT2D eigenvalue weighted by molar-refractivity contribution is 0.263. The summed E-state index contributed by atoms with van der Waals surface area (Å²) in [6.45, 7) is 3.78. The summed E-state index contributed by atoms with van der Waals surface area (Å²) >= 11 is 0. The molecule has 12 heavy (non-hydrogen) atoms. The standard InChI is InChI=1S/C9H15FN2/c1-7(2)9-11-5-8(4-10)6-12(9)3/h5-7,9H,4H2,1-3H3. The molecule has 0 aromatic carbocycles. The van der Waals surface area contributed by atoms with Crippen LogP contribution < -0.4 is 0 Å². The van der Waals surface area contributed by atoms with Gasteiger partial charge < -0.3 is 4.90 Å². The second-order valence-electron chi connectivity index (χ2n) is 3.44. The Morgan fingerprint density at radius 3 is 2.75 bits per heavy atom. The monoisotopic (exact) mass is 170 g/mol. The van der Waals surface area contributed by atoms with Crippen molar-refractivity contribution in [3.8, 4) is 0 Å². The number of allylic oxidation sites excluding steroid dienone is 1. The molecule has 0 spiro atoms. The Hall–Kier alpha value is -0.860. The highest BCUT2D eigenvalue weighted by Gasteiger charge is 2.17. The highest BCUT2D eigenvalue weighted by molar-refractivity contribution is 5.79. The van der Waals surface area contributed by atoms with Gasteiger partial charge in [0.05, 0.1) is 0 Å². The fraction of sp³-hybridized carbons (Fsp3) is 0.667. The lowest BCUT2D eigenvalue weighted by Gasteiger charge is -2.29. The molecule has 0 N–H and O–H groups in total. The molecule has 1 unspecified atom stereocenters. The van der Waals surface area contributed by atoms with E-state index in [1.807, 2.05) is 18.1 Å². The minimum Gasteiger partial charge on any atom is -0.358 e. The molecule has 0 fully saturated rings. The van der Waals surface area contributed by atoms with E-state index in [0.717, 1.165) is 0 Å². The lowest BCUT2D eigenvalue weighted by Crippen LogP contribution is -2.33. The maximum absolute atomic E-state index is 12.2. The zero-order chi connectivity index (χ0) is 9.14. The normalized spacial score (nSPS) is 23.2. The van der Waals surface area contributed by atoms with Gasteiger partial charge >= 0.3 is 0 Å². The van der Waals surface area contributed by atoms with Gasteiger partial charge in [0.25, 0.3) is 0 Å². The van der Waals surface area contributed by atoms with Crippen molar-refractivity contribution in [3.05, 3.63) is 11.8 Å². The third kappa shape index (κ3) is 1.84. The minimum atomic E-state index is -0.432. The fourth-order valence-electron chi connectivity index (χ4n) is 1.36. The van der Waals surface area contributed by atoms with Crippen LogP contribution in [0.2, 0.25) is 0 Å². The minimum absolute atomic E-state index is 0.167. The van der Waals surface area contributed by atoms with Crippen LogP contribution in [0, 0.1) is 5.92 Å². The molecule has 2 nitrogen and oxygen atoms in total. The van der Waals surface area contributed by atoms with Gasteiger partial charge in [0.15, 0.2) is 0 Å². The quantitative estimate of drug-likeness (QED) is 0.617. The first kappa shape index (κ1) is 9.23. The first-order chi connectivity index (χ1) is 5.65. The van der Waals surface area contributed by atoms with Crippen LogP contribution in [0.25, 0.3) is 0 Å². The van der Waals surface area contributed by atoms with E-state index in [0.29, 0.717) is 11.5 Å². The predicted octanol–water partition coefficient (Wildman–Crippen LogP) is 1.84. The first-order valence-electron chi connectivity index (χ1n) is 4.17. The molecule has 1 heterocycles. The highest BCUT2D eigenvalue weighted by Crippen LogP contribution is 2.15. The Morgan fingerprint density at radius 2 is 2.33 bits per heavy atom. The Balaban J connectivity index is 2.68. The Morgan fingerprint density at radius 1 is 1.67 bits per heavy atom. The van der Waals surface area contributed by atoms with Gasteiger partial charge in [-0.3, -0.25) is 4.99 Å². The summed E-state index contributed by atoms with van der Waals surface area (Å²) in [5.41, 5.74) is 0.648. The van der Waals surface area contributed by atoms with E-state index < -0.39 is 6.67 Å². The highest BCUT2D eigenvalue weighted by atomic mass is 19.1. The van der Waals surface area contributed by atoms with E-state index >= 15 is 0 Å². The van der Waals surface area contributed by atoms with Crippen molar-refractivity contribution in [1.29, 1.82) is 0 Å². The van der Waals surface area contributed by atoms with Crippen molar-refractivity contribution in [1.82, 2.24) is 4.90 Å². The molecule has 0 aliphatic carbocycles. The molecule has 68 valence electrons. The van der Waals surface area contributed by atoms with Gasteiger partial charge in [-0.1, -0.05) is 13.8 Å². The molecule has 0 aromatic rings. The number of hydrogen-bond donors (Lipinski definition) is 0. The Labute approximate surface area is 72.8 Å². The zero-order valence-corrected chi connectivity index (χ0v) is 7.79. The lowest BCUT2D eigenvalue weighted by atomic mass is 10.1. The molecule has 0 aromatic heterocycles. The number of aliphatic imine (C=N–C) groups is 1.